The van der Waals surface area contributed by atoms with Gasteiger partial charge in [-0.25, -0.2) is 8.42 Å². The molecule has 8 nitrogen and oxygen atoms in total. The lowest BCUT2D eigenvalue weighted by atomic mass is 10.1. The number of nitrogens with zero attached hydrogens (tertiary/aromatic N) is 1. The van der Waals surface area contributed by atoms with Crippen LogP contribution >= 0.6 is 11.6 Å². The average molecular weight is 368 g/mol. The number of pyridine rings is 1. The number of benzene rings is 1. The number of nitrogens with one attached hydrogen (secondary N) is 1. The lowest BCUT2D eigenvalue weighted by Crippen LogP contribution is -2.24. The summed E-state index contributed by atoms with van der Waals surface area (Å²) in [7, 11) is -3.48. The van der Waals surface area contributed by atoms with Crippen LogP contribution in [0.5, 0.6) is 0 Å². The Labute approximate surface area is 140 Å². The molecule has 1 aromatic carbocycles. The van der Waals surface area contributed by atoms with E-state index in [9.17, 15) is 22.8 Å². The molecule has 0 aliphatic carbocycles. The van der Waals surface area contributed by atoms with Gasteiger partial charge in [-0.05, 0) is 18.2 Å². The number of carbonyl (C=O) groups excluding carboxylic acids is 2. The zero-order valence-electron chi connectivity index (χ0n) is 12.2. The normalized spacial score (nSPS) is 13.8. The number of hydrogen-bond donors (Lipinski definition) is 2. The first-order chi connectivity index (χ1) is 11.1. The van der Waals surface area contributed by atoms with Crippen LogP contribution in [0.25, 0.3) is 5.69 Å². The molecular formula is C14H10ClN3O5S. The molecule has 124 valence electrons. The maximum atomic E-state index is 12.3. The van der Waals surface area contributed by atoms with Gasteiger partial charge in [0.15, 0.2) is 9.84 Å². The number of sulfone groups is 1. The number of anilines is 1. The summed E-state index contributed by atoms with van der Waals surface area (Å²) in [4.78, 5) is 35.7. The predicted octanol–water partition coefficient (Wildman–Crippen LogP) is 0.360. The number of imide groups is 1. The highest BCUT2D eigenvalue weighted by Crippen LogP contribution is 2.28. The molecule has 0 fully saturated rings. The molecule has 24 heavy (non-hydrogen) atoms. The Morgan fingerprint density at radius 3 is 2.38 bits per heavy atom. The molecule has 10 heteroatoms. The van der Waals surface area contributed by atoms with Gasteiger partial charge in [0.2, 0.25) is 0 Å². The Hall–Kier alpha value is -2.65. The van der Waals surface area contributed by atoms with Crippen molar-refractivity contribution in [2.45, 2.75) is 4.90 Å². The van der Waals surface area contributed by atoms with Crippen LogP contribution in [0.2, 0.25) is 5.02 Å². The summed E-state index contributed by atoms with van der Waals surface area (Å²) in [5.74, 6) is -1.68. The van der Waals surface area contributed by atoms with Crippen molar-refractivity contribution in [2.75, 3.05) is 12.0 Å². The number of nitrogens with two attached hydrogens (primary N) is 1. The Morgan fingerprint density at radius 1 is 1.12 bits per heavy atom. The van der Waals surface area contributed by atoms with Gasteiger partial charge in [0, 0.05) is 12.3 Å². The number of carbonyl (C=O) groups is 2. The van der Waals surface area contributed by atoms with E-state index >= 15 is 0 Å². The minimum absolute atomic E-state index is 0.0306. The molecule has 0 atom stereocenters. The van der Waals surface area contributed by atoms with Crippen molar-refractivity contribution in [3.63, 3.8) is 0 Å². The van der Waals surface area contributed by atoms with E-state index < -0.39 is 27.2 Å². The van der Waals surface area contributed by atoms with Crippen LogP contribution in [0.1, 0.15) is 20.7 Å². The van der Waals surface area contributed by atoms with Crippen molar-refractivity contribution in [3.8, 4) is 5.69 Å². The third kappa shape index (κ3) is 2.38. The number of rotatable bonds is 2. The lowest BCUT2D eigenvalue weighted by Gasteiger charge is -2.13. The molecule has 1 aliphatic heterocycles. The molecule has 3 N–H and O–H groups in total. The number of halogens is 1. The predicted molar refractivity (Wildman–Crippen MR) is 86.4 cm³/mol. The van der Waals surface area contributed by atoms with Gasteiger partial charge in [0.05, 0.1) is 26.7 Å². The molecule has 2 amide bonds. The number of aromatic nitrogens is 1. The smallest absolute Gasteiger partial charge is 0.262 e. The molecule has 1 aromatic heterocycles. The first kappa shape index (κ1) is 16.2. The van der Waals surface area contributed by atoms with E-state index in [1.165, 1.54) is 18.2 Å². The SMILES string of the molecule is CS(=O)(=O)c1ccc(-n2c(N)c3c(cc2=O)C(=O)NC3=O)c(Cl)c1. The standard InChI is InChI=1S/C14H10ClN3O5S/c1-24(22,23)6-2-3-9(8(15)4-6)18-10(19)5-7-11(12(18)16)14(21)17-13(7)20/h2-5H,16H2,1H3,(H,17,20,21). The number of amides is 2. The number of fused-ring (bicyclic) bond motifs is 1. The Bertz CT molecular complexity index is 1090. The lowest BCUT2D eigenvalue weighted by molar-refractivity contribution is 0.0880. The van der Waals surface area contributed by atoms with Crippen molar-refractivity contribution >= 4 is 39.1 Å². The zero-order chi connectivity index (χ0) is 17.8. The molecule has 0 unspecified atom stereocenters. The topological polar surface area (TPSA) is 128 Å². The third-order valence-electron chi connectivity index (χ3n) is 3.54. The van der Waals surface area contributed by atoms with E-state index in [1.807, 2.05) is 0 Å². The number of hydrogen-bond acceptors (Lipinski definition) is 6. The van der Waals surface area contributed by atoms with Gasteiger partial charge in [0.1, 0.15) is 5.82 Å². The van der Waals surface area contributed by atoms with Crippen molar-refractivity contribution in [1.29, 1.82) is 0 Å². The second-order valence-corrected chi connectivity index (χ2v) is 7.58. The molecule has 0 bridgehead atoms. The molecular weight excluding hydrogens is 358 g/mol. The summed E-state index contributed by atoms with van der Waals surface area (Å²) in [6, 6.07) is 4.72. The molecule has 2 heterocycles. The minimum Gasteiger partial charge on any atom is -0.384 e. The first-order valence-electron chi connectivity index (χ1n) is 6.52. The summed E-state index contributed by atoms with van der Waals surface area (Å²) in [5.41, 5.74) is 5.08. The average Bonchev–Trinajstić information content (AvgIpc) is 2.74. The van der Waals surface area contributed by atoms with Gasteiger partial charge in [-0.15, -0.1) is 0 Å². The van der Waals surface area contributed by atoms with Crippen LogP contribution < -0.4 is 16.6 Å². The molecule has 2 aromatic rings. The molecule has 0 radical (unpaired) electrons. The molecule has 1 aliphatic rings. The van der Waals surface area contributed by atoms with Crippen LogP contribution in [0.4, 0.5) is 5.82 Å². The van der Waals surface area contributed by atoms with E-state index in [2.05, 4.69) is 5.32 Å². The van der Waals surface area contributed by atoms with Crippen LogP contribution in [0.3, 0.4) is 0 Å². The fourth-order valence-corrected chi connectivity index (χ4v) is 3.40. The van der Waals surface area contributed by atoms with Crippen molar-refractivity contribution in [1.82, 2.24) is 9.88 Å². The van der Waals surface area contributed by atoms with E-state index in [1.54, 1.807) is 0 Å². The largest absolute Gasteiger partial charge is 0.384 e. The molecule has 0 saturated heterocycles. The van der Waals surface area contributed by atoms with Gasteiger partial charge in [-0.1, -0.05) is 11.6 Å². The Balaban J connectivity index is 2.29. The van der Waals surface area contributed by atoms with E-state index in [4.69, 9.17) is 17.3 Å². The Kier molecular flexibility index (Phi) is 3.50. The van der Waals surface area contributed by atoms with Gasteiger partial charge in [-0.2, -0.15) is 0 Å². The summed E-state index contributed by atoms with van der Waals surface area (Å²) < 4.78 is 24.1. The van der Waals surface area contributed by atoms with Crippen molar-refractivity contribution < 1.29 is 18.0 Å². The fraction of sp³-hybridized carbons (Fsp3) is 0.0714. The summed E-state index contributed by atoms with van der Waals surface area (Å²) in [6.07, 6.45) is 1.02. The summed E-state index contributed by atoms with van der Waals surface area (Å²) in [6.45, 7) is 0. The summed E-state index contributed by atoms with van der Waals surface area (Å²) >= 11 is 6.08. The van der Waals surface area contributed by atoms with E-state index in [0.29, 0.717) is 0 Å². The quantitative estimate of drug-likeness (QED) is 0.737. The van der Waals surface area contributed by atoms with E-state index in [-0.39, 0.29) is 32.6 Å². The zero-order valence-corrected chi connectivity index (χ0v) is 13.7. The second-order valence-electron chi connectivity index (χ2n) is 5.16. The molecule has 0 saturated carbocycles. The van der Waals surface area contributed by atoms with E-state index in [0.717, 1.165) is 16.9 Å². The highest BCUT2D eigenvalue weighted by Gasteiger charge is 2.32. The van der Waals surface area contributed by atoms with Gasteiger partial charge in [-0.3, -0.25) is 24.3 Å². The van der Waals surface area contributed by atoms with Crippen molar-refractivity contribution in [3.05, 3.63) is 50.8 Å². The maximum absolute atomic E-state index is 12.3. The number of nitrogen functional groups attached to an aromatic ring is 1. The van der Waals surface area contributed by atoms with Crippen LogP contribution in [-0.2, 0) is 9.84 Å². The minimum atomic E-state index is -3.48. The fourth-order valence-electron chi connectivity index (χ4n) is 2.43. The monoisotopic (exact) mass is 367 g/mol. The van der Waals surface area contributed by atoms with Crippen molar-refractivity contribution in [2.24, 2.45) is 0 Å². The van der Waals surface area contributed by atoms with Crippen LogP contribution in [-0.4, -0.2) is 31.1 Å². The maximum Gasteiger partial charge on any atom is 0.262 e. The van der Waals surface area contributed by atoms with Gasteiger partial charge >= 0.3 is 0 Å². The van der Waals surface area contributed by atoms with Gasteiger partial charge in [0.25, 0.3) is 17.4 Å². The summed E-state index contributed by atoms with van der Waals surface area (Å²) in [5, 5.41) is 2.01. The third-order valence-corrected chi connectivity index (χ3v) is 4.95. The van der Waals surface area contributed by atoms with Crippen LogP contribution in [0, 0.1) is 0 Å². The van der Waals surface area contributed by atoms with Crippen LogP contribution in [0.15, 0.2) is 34.0 Å². The molecule has 3 rings (SSSR count). The Morgan fingerprint density at radius 2 is 1.79 bits per heavy atom. The van der Waals surface area contributed by atoms with Gasteiger partial charge < -0.3 is 5.73 Å². The first-order valence-corrected chi connectivity index (χ1v) is 8.79. The second kappa shape index (κ2) is 5.18. The molecule has 0 spiro atoms. The highest BCUT2D eigenvalue weighted by atomic mass is 35.5. The highest BCUT2D eigenvalue weighted by molar-refractivity contribution is 7.90.